The summed E-state index contributed by atoms with van der Waals surface area (Å²) in [6.45, 7) is 4.31. The Hall–Kier alpha value is -3.22. The molecular weight excluding hydrogens is 400 g/mol. The molecule has 5 rings (SSSR count). The molecule has 2 aromatic heterocycles. The fourth-order valence-electron chi connectivity index (χ4n) is 4.57. The highest BCUT2D eigenvalue weighted by Crippen LogP contribution is 2.41. The van der Waals surface area contributed by atoms with Gasteiger partial charge in [-0.25, -0.2) is 4.98 Å². The first kappa shape index (κ1) is 20.7. The fourth-order valence-corrected chi connectivity index (χ4v) is 4.57. The molecule has 1 saturated carbocycles. The molecule has 0 radical (unpaired) electrons. The topological polar surface area (TPSA) is 88.5 Å². The standard InChI is InChI=1S/C25H30N6O/c1-3-4-5-6-17-7-9-18(10-8-17)25(2)15-20(21-13-14-31(30-21)19-11-12-19)22(24(32)28-25)23-26-16-27-29-23/h7-10,13-14,16,19H,3-6,11-12,15H2,1-2H3,(H,28,32)(H,26,27,29). The van der Waals surface area contributed by atoms with Crippen molar-refractivity contribution < 1.29 is 4.79 Å². The quantitative estimate of drug-likeness (QED) is 0.518. The molecule has 1 atom stereocenters. The number of benzene rings is 1. The Labute approximate surface area is 188 Å². The van der Waals surface area contributed by atoms with Crippen molar-refractivity contribution in [3.05, 3.63) is 65.5 Å². The zero-order valence-electron chi connectivity index (χ0n) is 18.8. The van der Waals surface area contributed by atoms with Gasteiger partial charge in [-0.1, -0.05) is 44.0 Å². The number of nitrogens with one attached hydrogen (secondary N) is 2. The maximum atomic E-state index is 13.4. The van der Waals surface area contributed by atoms with Gasteiger partial charge in [0, 0.05) is 12.6 Å². The van der Waals surface area contributed by atoms with E-state index in [0.29, 0.717) is 23.9 Å². The average Bonchev–Trinajstić information content (AvgIpc) is 3.28. The number of hydrogen-bond donors (Lipinski definition) is 2. The highest BCUT2D eigenvalue weighted by Gasteiger charge is 2.39. The van der Waals surface area contributed by atoms with E-state index in [4.69, 9.17) is 5.10 Å². The number of H-pyrrole nitrogens is 1. The third-order valence-electron chi connectivity index (χ3n) is 6.60. The monoisotopic (exact) mass is 430 g/mol. The summed E-state index contributed by atoms with van der Waals surface area (Å²) in [6, 6.07) is 11.2. The van der Waals surface area contributed by atoms with Crippen molar-refractivity contribution in [1.29, 1.82) is 0 Å². The highest BCUT2D eigenvalue weighted by atomic mass is 16.2. The van der Waals surface area contributed by atoms with Gasteiger partial charge in [0.1, 0.15) is 6.33 Å². The second-order valence-corrected chi connectivity index (χ2v) is 9.22. The van der Waals surface area contributed by atoms with Gasteiger partial charge >= 0.3 is 0 Å². The zero-order valence-corrected chi connectivity index (χ0v) is 18.8. The lowest BCUT2D eigenvalue weighted by Gasteiger charge is -2.37. The van der Waals surface area contributed by atoms with Crippen LogP contribution in [0.4, 0.5) is 0 Å². The summed E-state index contributed by atoms with van der Waals surface area (Å²) in [5.41, 5.74) is 4.17. The largest absolute Gasteiger partial charge is 0.342 e. The highest BCUT2D eigenvalue weighted by molar-refractivity contribution is 6.27. The predicted octanol–water partition coefficient (Wildman–Crippen LogP) is 4.41. The van der Waals surface area contributed by atoms with Crippen LogP contribution in [0, 0.1) is 0 Å². The molecule has 2 N–H and O–H groups in total. The molecule has 32 heavy (non-hydrogen) atoms. The zero-order chi connectivity index (χ0) is 22.1. The van der Waals surface area contributed by atoms with Crippen LogP contribution in [-0.2, 0) is 16.8 Å². The first-order valence-electron chi connectivity index (χ1n) is 11.6. The molecule has 3 heterocycles. The molecule has 0 spiro atoms. The third-order valence-corrected chi connectivity index (χ3v) is 6.60. The lowest BCUT2D eigenvalue weighted by Crippen LogP contribution is -2.47. The number of carbonyl (C=O) groups is 1. The number of nitrogens with zero attached hydrogens (tertiary/aromatic N) is 4. The van der Waals surface area contributed by atoms with Gasteiger partial charge < -0.3 is 5.32 Å². The van der Waals surface area contributed by atoms with Crippen LogP contribution in [-0.4, -0.2) is 30.9 Å². The van der Waals surface area contributed by atoms with Crippen LogP contribution >= 0.6 is 0 Å². The molecule has 7 nitrogen and oxygen atoms in total. The molecule has 2 aliphatic rings. The molecular formula is C25H30N6O. The number of unbranched alkanes of at least 4 members (excludes halogenated alkanes) is 2. The summed E-state index contributed by atoms with van der Waals surface area (Å²) >= 11 is 0. The van der Waals surface area contributed by atoms with E-state index in [1.54, 1.807) is 0 Å². The van der Waals surface area contributed by atoms with Gasteiger partial charge in [-0.3, -0.25) is 14.6 Å². The molecule has 1 amide bonds. The minimum atomic E-state index is -0.527. The van der Waals surface area contributed by atoms with Crippen molar-refractivity contribution in [1.82, 2.24) is 30.3 Å². The Morgan fingerprint density at radius 1 is 1.16 bits per heavy atom. The van der Waals surface area contributed by atoms with Crippen LogP contribution in [0.15, 0.2) is 42.9 Å². The van der Waals surface area contributed by atoms with Crippen LogP contribution in [0.5, 0.6) is 0 Å². The Balaban J connectivity index is 1.49. The van der Waals surface area contributed by atoms with Gasteiger partial charge in [0.05, 0.1) is 22.8 Å². The Kier molecular flexibility index (Phi) is 5.41. The van der Waals surface area contributed by atoms with Gasteiger partial charge in [0.15, 0.2) is 5.82 Å². The molecule has 1 fully saturated rings. The number of hydrogen-bond acceptors (Lipinski definition) is 4. The second-order valence-electron chi connectivity index (χ2n) is 9.22. The first-order valence-corrected chi connectivity index (χ1v) is 11.6. The first-order chi connectivity index (χ1) is 15.6. The minimum Gasteiger partial charge on any atom is -0.342 e. The van der Waals surface area contributed by atoms with Crippen molar-refractivity contribution >= 4 is 17.1 Å². The normalized spacial score (nSPS) is 21.1. The Morgan fingerprint density at radius 2 is 1.97 bits per heavy atom. The van der Waals surface area contributed by atoms with Crippen LogP contribution in [0.25, 0.3) is 11.1 Å². The number of amides is 1. The molecule has 1 aromatic carbocycles. The van der Waals surface area contributed by atoms with Gasteiger partial charge in [0.25, 0.3) is 5.91 Å². The number of aromatic nitrogens is 5. The van der Waals surface area contributed by atoms with Crippen molar-refractivity contribution in [2.75, 3.05) is 0 Å². The van der Waals surface area contributed by atoms with Crippen LogP contribution in [0.1, 0.15) is 81.1 Å². The van der Waals surface area contributed by atoms with E-state index >= 15 is 0 Å². The van der Waals surface area contributed by atoms with Crippen LogP contribution in [0.3, 0.4) is 0 Å². The Morgan fingerprint density at radius 3 is 2.66 bits per heavy atom. The third kappa shape index (κ3) is 3.99. The summed E-state index contributed by atoms with van der Waals surface area (Å²) in [5, 5.41) is 14.9. The van der Waals surface area contributed by atoms with Gasteiger partial charge in [0.2, 0.25) is 0 Å². The summed E-state index contributed by atoms with van der Waals surface area (Å²) in [6.07, 6.45) is 11.2. The molecule has 1 aliphatic carbocycles. The van der Waals surface area contributed by atoms with E-state index in [2.05, 4.69) is 58.6 Å². The number of aromatic amines is 1. The fraction of sp³-hybridized carbons (Fsp3) is 0.440. The number of rotatable bonds is 8. The van der Waals surface area contributed by atoms with Crippen LogP contribution in [0.2, 0.25) is 0 Å². The summed E-state index contributed by atoms with van der Waals surface area (Å²) in [4.78, 5) is 17.6. The Bertz CT molecular complexity index is 1120. The van der Waals surface area contributed by atoms with Crippen molar-refractivity contribution in [3.8, 4) is 0 Å². The molecule has 166 valence electrons. The maximum absolute atomic E-state index is 13.4. The van der Waals surface area contributed by atoms with E-state index in [9.17, 15) is 4.79 Å². The van der Waals surface area contributed by atoms with Crippen LogP contribution < -0.4 is 5.32 Å². The van der Waals surface area contributed by atoms with Gasteiger partial charge in [-0.05, 0) is 55.4 Å². The molecule has 0 bridgehead atoms. The van der Waals surface area contributed by atoms with E-state index in [-0.39, 0.29) is 5.91 Å². The number of carbonyl (C=O) groups excluding carboxylic acids is 1. The smallest absolute Gasteiger partial charge is 0.256 e. The minimum absolute atomic E-state index is 0.154. The average molecular weight is 431 g/mol. The van der Waals surface area contributed by atoms with E-state index in [0.717, 1.165) is 36.1 Å². The van der Waals surface area contributed by atoms with Gasteiger partial charge in [-0.2, -0.15) is 10.2 Å². The molecule has 1 unspecified atom stereocenters. The molecule has 3 aromatic rings. The van der Waals surface area contributed by atoms with E-state index in [1.165, 1.54) is 31.2 Å². The van der Waals surface area contributed by atoms with Crippen molar-refractivity contribution in [3.63, 3.8) is 0 Å². The SMILES string of the molecule is CCCCCc1ccc(C2(C)CC(c3ccn(C4CC4)n3)=C(c3ncn[nH]3)C(=O)N2)cc1. The predicted molar refractivity (Wildman–Crippen MR) is 123 cm³/mol. The summed E-state index contributed by atoms with van der Waals surface area (Å²) < 4.78 is 2.02. The summed E-state index contributed by atoms with van der Waals surface area (Å²) in [7, 11) is 0. The van der Waals surface area contributed by atoms with E-state index in [1.807, 2.05) is 16.9 Å². The number of aryl methyl sites for hydroxylation is 1. The maximum Gasteiger partial charge on any atom is 0.256 e. The van der Waals surface area contributed by atoms with E-state index < -0.39 is 5.54 Å². The summed E-state index contributed by atoms with van der Waals surface area (Å²) in [5.74, 6) is 0.324. The van der Waals surface area contributed by atoms with Crippen molar-refractivity contribution in [2.24, 2.45) is 0 Å². The molecule has 7 heteroatoms. The van der Waals surface area contributed by atoms with Gasteiger partial charge in [-0.15, -0.1) is 0 Å². The van der Waals surface area contributed by atoms with Crippen molar-refractivity contribution in [2.45, 2.75) is 70.4 Å². The molecule has 1 aliphatic heterocycles. The lowest BCUT2D eigenvalue weighted by molar-refractivity contribution is -0.117. The second kappa shape index (κ2) is 8.37. The molecule has 0 saturated heterocycles. The lowest BCUT2D eigenvalue weighted by atomic mass is 9.79.